The van der Waals surface area contributed by atoms with Crippen molar-refractivity contribution in [1.29, 1.82) is 0 Å². The molecule has 0 amide bonds. The maximum atomic E-state index is 13.2. The fraction of sp³-hybridized carbons (Fsp3) is 0.286. The zero-order valence-electron chi connectivity index (χ0n) is 20.0. The molecule has 1 fully saturated rings. The van der Waals surface area contributed by atoms with Gasteiger partial charge in [0.15, 0.2) is 0 Å². The van der Waals surface area contributed by atoms with Gasteiger partial charge in [0.25, 0.3) is 0 Å². The molecule has 2 aliphatic heterocycles. The van der Waals surface area contributed by atoms with Crippen LogP contribution in [0.4, 0.5) is 5.69 Å². The monoisotopic (exact) mass is 474 g/mol. The van der Waals surface area contributed by atoms with E-state index in [0.717, 1.165) is 29.9 Å². The number of nitrogens with zero attached hydrogens (tertiary/aromatic N) is 1. The van der Waals surface area contributed by atoms with Crippen molar-refractivity contribution >= 4 is 29.4 Å². The van der Waals surface area contributed by atoms with Gasteiger partial charge in [0.1, 0.15) is 0 Å². The summed E-state index contributed by atoms with van der Waals surface area (Å²) in [4.78, 5) is 27.7. The van der Waals surface area contributed by atoms with Crippen LogP contribution in [-0.2, 0) is 19.1 Å². The van der Waals surface area contributed by atoms with Crippen LogP contribution >= 0.6 is 0 Å². The second kappa shape index (κ2) is 11.1. The molecule has 2 N–H and O–H groups in total. The van der Waals surface area contributed by atoms with Crippen molar-refractivity contribution in [1.82, 2.24) is 5.32 Å². The predicted molar refractivity (Wildman–Crippen MR) is 135 cm³/mol. The number of ether oxygens (including phenoxy) is 2. The number of carboxylic acids is 1. The summed E-state index contributed by atoms with van der Waals surface area (Å²) in [5.41, 5.74) is 4.21. The molecular formula is C28H30N2O5. The van der Waals surface area contributed by atoms with E-state index in [4.69, 9.17) is 9.47 Å². The molecule has 35 heavy (non-hydrogen) atoms. The number of anilines is 1. The minimum absolute atomic E-state index is 0.119. The molecule has 2 heterocycles. The van der Waals surface area contributed by atoms with E-state index in [1.807, 2.05) is 60.7 Å². The molecule has 2 aromatic carbocycles. The number of carbonyl (C=O) groups excluding carboxylic acids is 1. The van der Waals surface area contributed by atoms with Crippen molar-refractivity contribution in [2.45, 2.75) is 13.8 Å². The quantitative estimate of drug-likeness (QED) is 0.585. The standard InChI is InChI=1S/C28H30N2O5/c1-3-35-28(33)25-23(14-9-20-7-5-4-6-8-20)24(27(31)32)19(2)29-26(25)21-10-12-22(13-11-21)30-15-17-34-18-16-30/h4-14,23,29H,3,15-18H2,1-2H3,(H,31,32). The number of hydrogen-bond donors (Lipinski definition) is 2. The molecule has 2 aromatic rings. The Morgan fingerprint density at radius 1 is 1.09 bits per heavy atom. The average molecular weight is 475 g/mol. The van der Waals surface area contributed by atoms with Gasteiger partial charge in [0.05, 0.1) is 36.7 Å². The molecule has 7 heteroatoms. The molecule has 1 atom stereocenters. The lowest BCUT2D eigenvalue weighted by atomic mass is 9.83. The Morgan fingerprint density at radius 2 is 1.77 bits per heavy atom. The summed E-state index contributed by atoms with van der Waals surface area (Å²) >= 11 is 0. The molecule has 7 nitrogen and oxygen atoms in total. The first-order valence-corrected chi connectivity index (χ1v) is 11.8. The summed E-state index contributed by atoms with van der Waals surface area (Å²) in [6.07, 6.45) is 3.60. The minimum atomic E-state index is -1.08. The minimum Gasteiger partial charge on any atom is -0.478 e. The number of carbonyl (C=O) groups is 2. The Balaban J connectivity index is 1.78. The molecule has 4 rings (SSSR count). The summed E-state index contributed by atoms with van der Waals surface area (Å²) in [7, 11) is 0. The summed E-state index contributed by atoms with van der Waals surface area (Å²) in [5, 5.41) is 13.2. The molecule has 0 bridgehead atoms. The van der Waals surface area contributed by atoms with Crippen molar-refractivity contribution in [3.05, 3.63) is 88.6 Å². The maximum absolute atomic E-state index is 13.2. The molecule has 0 spiro atoms. The molecule has 1 saturated heterocycles. The van der Waals surface area contributed by atoms with Gasteiger partial charge in [-0.15, -0.1) is 0 Å². The van der Waals surface area contributed by atoms with Gasteiger partial charge < -0.3 is 24.8 Å². The van der Waals surface area contributed by atoms with Crippen LogP contribution in [0.1, 0.15) is 25.0 Å². The number of hydrogen-bond acceptors (Lipinski definition) is 6. The summed E-state index contributed by atoms with van der Waals surface area (Å²) in [5.74, 6) is -2.40. The molecule has 2 aliphatic rings. The number of allylic oxidation sites excluding steroid dienone is 2. The van der Waals surface area contributed by atoms with Gasteiger partial charge in [-0.05, 0) is 37.1 Å². The molecule has 1 unspecified atom stereocenters. The Kier molecular flexibility index (Phi) is 7.67. The molecule has 0 radical (unpaired) electrons. The Morgan fingerprint density at radius 3 is 2.40 bits per heavy atom. The highest BCUT2D eigenvalue weighted by Gasteiger charge is 2.36. The second-order valence-electron chi connectivity index (χ2n) is 8.37. The van der Waals surface area contributed by atoms with E-state index in [0.29, 0.717) is 24.6 Å². The van der Waals surface area contributed by atoms with E-state index in [2.05, 4.69) is 10.2 Å². The van der Waals surface area contributed by atoms with Crippen LogP contribution < -0.4 is 10.2 Å². The Hall–Kier alpha value is -3.84. The maximum Gasteiger partial charge on any atom is 0.337 e. The number of dihydropyridines is 1. The summed E-state index contributed by atoms with van der Waals surface area (Å²) in [6, 6.07) is 17.5. The van der Waals surface area contributed by atoms with Crippen molar-refractivity contribution in [3.63, 3.8) is 0 Å². The van der Waals surface area contributed by atoms with Gasteiger partial charge in [0, 0.05) is 30.4 Å². The fourth-order valence-corrected chi connectivity index (χ4v) is 4.44. The van der Waals surface area contributed by atoms with E-state index in [1.165, 1.54) is 0 Å². The SMILES string of the molecule is CCOC(=O)C1=C(c2ccc(N3CCOCC3)cc2)NC(C)=C(C(=O)O)C1C=Cc1ccccc1. The van der Waals surface area contributed by atoms with Gasteiger partial charge in [-0.3, -0.25) is 0 Å². The van der Waals surface area contributed by atoms with Crippen molar-refractivity contribution < 1.29 is 24.2 Å². The zero-order chi connectivity index (χ0) is 24.8. The van der Waals surface area contributed by atoms with Gasteiger partial charge in [0.2, 0.25) is 0 Å². The molecule has 0 saturated carbocycles. The van der Waals surface area contributed by atoms with E-state index < -0.39 is 17.9 Å². The number of aliphatic carboxylic acids is 1. The first-order valence-electron chi connectivity index (χ1n) is 11.8. The van der Waals surface area contributed by atoms with Crippen LogP contribution in [0.15, 0.2) is 77.5 Å². The lowest BCUT2D eigenvalue weighted by molar-refractivity contribution is -0.138. The topological polar surface area (TPSA) is 88.1 Å². The highest BCUT2D eigenvalue weighted by molar-refractivity contribution is 6.04. The lowest BCUT2D eigenvalue weighted by Gasteiger charge is -2.30. The number of carboxylic acid groups (broad SMARTS) is 1. The van der Waals surface area contributed by atoms with Crippen LogP contribution in [0.5, 0.6) is 0 Å². The highest BCUT2D eigenvalue weighted by atomic mass is 16.5. The first-order chi connectivity index (χ1) is 17.0. The van der Waals surface area contributed by atoms with Crippen LogP contribution in [0.25, 0.3) is 11.8 Å². The number of benzene rings is 2. The normalized spacial score (nSPS) is 18.6. The largest absolute Gasteiger partial charge is 0.478 e. The van der Waals surface area contributed by atoms with E-state index in [-0.39, 0.29) is 17.8 Å². The molecule has 0 aliphatic carbocycles. The van der Waals surface area contributed by atoms with Crippen molar-refractivity contribution in [3.8, 4) is 0 Å². The molecule has 0 aromatic heterocycles. The van der Waals surface area contributed by atoms with Crippen molar-refractivity contribution in [2.24, 2.45) is 5.92 Å². The smallest absolute Gasteiger partial charge is 0.337 e. The molecule has 182 valence electrons. The predicted octanol–water partition coefficient (Wildman–Crippen LogP) is 4.09. The van der Waals surface area contributed by atoms with E-state index >= 15 is 0 Å². The third-order valence-corrected chi connectivity index (χ3v) is 6.15. The molecular weight excluding hydrogens is 444 g/mol. The van der Waals surface area contributed by atoms with E-state index in [9.17, 15) is 14.7 Å². The van der Waals surface area contributed by atoms with Crippen LogP contribution in [0, 0.1) is 5.92 Å². The van der Waals surface area contributed by atoms with Crippen molar-refractivity contribution in [2.75, 3.05) is 37.8 Å². The lowest BCUT2D eigenvalue weighted by Crippen LogP contribution is -2.36. The van der Waals surface area contributed by atoms with Gasteiger partial charge in [-0.1, -0.05) is 54.6 Å². The van der Waals surface area contributed by atoms with Crippen LogP contribution in [0.2, 0.25) is 0 Å². The fourth-order valence-electron chi connectivity index (χ4n) is 4.44. The Labute approximate surface area is 205 Å². The van der Waals surface area contributed by atoms with Crippen LogP contribution in [-0.4, -0.2) is 50.0 Å². The summed E-state index contributed by atoms with van der Waals surface area (Å²) < 4.78 is 10.8. The van der Waals surface area contributed by atoms with Gasteiger partial charge in [-0.2, -0.15) is 0 Å². The number of esters is 1. The number of morpholine rings is 1. The number of nitrogens with one attached hydrogen (secondary N) is 1. The zero-order valence-corrected chi connectivity index (χ0v) is 20.0. The first kappa shape index (κ1) is 24.3. The average Bonchev–Trinajstić information content (AvgIpc) is 2.88. The van der Waals surface area contributed by atoms with Gasteiger partial charge in [-0.25, -0.2) is 9.59 Å². The third kappa shape index (κ3) is 5.46. The third-order valence-electron chi connectivity index (χ3n) is 6.15. The van der Waals surface area contributed by atoms with Crippen LogP contribution in [0.3, 0.4) is 0 Å². The summed E-state index contributed by atoms with van der Waals surface area (Å²) in [6.45, 7) is 6.68. The Bertz CT molecular complexity index is 1160. The van der Waals surface area contributed by atoms with E-state index in [1.54, 1.807) is 19.9 Å². The van der Waals surface area contributed by atoms with Gasteiger partial charge >= 0.3 is 11.9 Å². The number of rotatable bonds is 7. The highest BCUT2D eigenvalue weighted by Crippen LogP contribution is 2.36. The second-order valence-corrected chi connectivity index (χ2v) is 8.37.